The van der Waals surface area contributed by atoms with Gasteiger partial charge in [0.2, 0.25) is 5.95 Å². The Morgan fingerprint density at radius 1 is 1.31 bits per heavy atom. The molecular formula is C10H18FN5. The van der Waals surface area contributed by atoms with E-state index in [1.54, 1.807) is 11.9 Å². The van der Waals surface area contributed by atoms with Crippen LogP contribution >= 0.6 is 0 Å². The van der Waals surface area contributed by atoms with E-state index in [0.29, 0.717) is 18.3 Å². The van der Waals surface area contributed by atoms with E-state index in [4.69, 9.17) is 0 Å². The highest BCUT2D eigenvalue weighted by atomic mass is 19.1. The van der Waals surface area contributed by atoms with Crippen molar-refractivity contribution in [2.75, 3.05) is 51.5 Å². The standard InChI is InChI=1S/C10H18FN5/c1-12-10-13-7-8(11)9(14-10)16(4)6-5-15(2)3/h7H,5-6H2,1-4H3,(H,12,13,14). The van der Waals surface area contributed by atoms with E-state index in [2.05, 4.69) is 15.3 Å². The van der Waals surface area contributed by atoms with Crippen molar-refractivity contribution < 1.29 is 4.39 Å². The Labute approximate surface area is 95.3 Å². The van der Waals surface area contributed by atoms with E-state index in [1.165, 1.54) is 6.20 Å². The summed E-state index contributed by atoms with van der Waals surface area (Å²) >= 11 is 0. The Hall–Kier alpha value is -1.43. The molecule has 0 unspecified atom stereocenters. The molecule has 1 N–H and O–H groups in total. The lowest BCUT2D eigenvalue weighted by Gasteiger charge is -2.21. The van der Waals surface area contributed by atoms with Crippen molar-refractivity contribution >= 4 is 11.8 Å². The number of halogens is 1. The maximum atomic E-state index is 13.5. The molecule has 90 valence electrons. The number of hydrogen-bond acceptors (Lipinski definition) is 5. The van der Waals surface area contributed by atoms with Crippen LogP contribution in [-0.2, 0) is 0 Å². The fourth-order valence-corrected chi connectivity index (χ4v) is 1.20. The molecule has 0 fully saturated rings. The number of aromatic nitrogens is 2. The number of nitrogens with zero attached hydrogens (tertiary/aromatic N) is 4. The monoisotopic (exact) mass is 227 g/mol. The topological polar surface area (TPSA) is 44.3 Å². The predicted molar refractivity (Wildman–Crippen MR) is 63.4 cm³/mol. The molecule has 0 radical (unpaired) electrons. The molecule has 5 nitrogen and oxygen atoms in total. The summed E-state index contributed by atoms with van der Waals surface area (Å²) in [5.74, 6) is 0.342. The van der Waals surface area contributed by atoms with Gasteiger partial charge in [0.15, 0.2) is 11.6 Å². The lowest BCUT2D eigenvalue weighted by Crippen LogP contribution is -2.29. The van der Waals surface area contributed by atoms with Crippen LogP contribution in [0.5, 0.6) is 0 Å². The first-order valence-electron chi connectivity index (χ1n) is 5.10. The van der Waals surface area contributed by atoms with Crippen LogP contribution in [0.1, 0.15) is 0 Å². The van der Waals surface area contributed by atoms with Gasteiger partial charge in [-0.25, -0.2) is 9.37 Å². The summed E-state index contributed by atoms with van der Waals surface area (Å²) in [5, 5.41) is 2.79. The average molecular weight is 227 g/mol. The van der Waals surface area contributed by atoms with E-state index in [1.807, 2.05) is 26.0 Å². The molecule has 0 aliphatic carbocycles. The molecule has 16 heavy (non-hydrogen) atoms. The van der Waals surface area contributed by atoms with E-state index in [-0.39, 0.29) is 0 Å². The average Bonchev–Trinajstić information content (AvgIpc) is 2.26. The zero-order valence-electron chi connectivity index (χ0n) is 10.2. The quantitative estimate of drug-likeness (QED) is 0.800. The largest absolute Gasteiger partial charge is 0.357 e. The fraction of sp³-hybridized carbons (Fsp3) is 0.600. The number of nitrogens with one attached hydrogen (secondary N) is 1. The lowest BCUT2D eigenvalue weighted by atomic mass is 10.4. The molecule has 1 heterocycles. The van der Waals surface area contributed by atoms with Gasteiger partial charge in [0.05, 0.1) is 6.20 Å². The minimum Gasteiger partial charge on any atom is -0.357 e. The second-order valence-electron chi connectivity index (χ2n) is 3.84. The molecule has 1 aromatic heterocycles. The summed E-state index contributed by atoms with van der Waals surface area (Å²) in [6, 6.07) is 0. The maximum Gasteiger partial charge on any atom is 0.224 e. The summed E-state index contributed by atoms with van der Waals surface area (Å²) in [7, 11) is 7.47. The second-order valence-corrected chi connectivity index (χ2v) is 3.84. The molecule has 0 aromatic carbocycles. The molecule has 1 aromatic rings. The van der Waals surface area contributed by atoms with Crippen LogP contribution in [0.3, 0.4) is 0 Å². The molecule has 6 heteroatoms. The highest BCUT2D eigenvalue weighted by molar-refractivity contribution is 5.42. The van der Waals surface area contributed by atoms with Crippen molar-refractivity contribution in [3.05, 3.63) is 12.0 Å². The first-order chi connectivity index (χ1) is 7.54. The minimum atomic E-state index is -0.403. The Balaban J connectivity index is 2.76. The molecule has 0 amide bonds. The highest BCUT2D eigenvalue weighted by Crippen LogP contribution is 2.15. The summed E-state index contributed by atoms with van der Waals surface area (Å²) in [4.78, 5) is 11.7. The molecule has 0 bridgehead atoms. The molecule has 0 spiro atoms. The smallest absolute Gasteiger partial charge is 0.224 e. The Bertz CT molecular complexity index is 342. The Morgan fingerprint density at radius 2 is 2.00 bits per heavy atom. The fourth-order valence-electron chi connectivity index (χ4n) is 1.20. The van der Waals surface area contributed by atoms with Crippen LogP contribution in [0.15, 0.2) is 6.20 Å². The van der Waals surface area contributed by atoms with Gasteiger partial charge < -0.3 is 15.1 Å². The van der Waals surface area contributed by atoms with Gasteiger partial charge in [-0.3, -0.25) is 0 Å². The van der Waals surface area contributed by atoms with Gasteiger partial charge >= 0.3 is 0 Å². The van der Waals surface area contributed by atoms with Gasteiger partial charge in [-0.2, -0.15) is 4.98 Å². The molecule has 0 saturated carbocycles. The van der Waals surface area contributed by atoms with E-state index in [0.717, 1.165) is 6.54 Å². The number of hydrogen-bond donors (Lipinski definition) is 1. The van der Waals surface area contributed by atoms with Crippen molar-refractivity contribution in [3.8, 4) is 0 Å². The minimum absolute atomic E-state index is 0.321. The highest BCUT2D eigenvalue weighted by Gasteiger charge is 2.11. The Morgan fingerprint density at radius 3 is 2.56 bits per heavy atom. The summed E-state index contributed by atoms with van der Waals surface area (Å²) in [5.41, 5.74) is 0. The van der Waals surface area contributed by atoms with Crippen LogP contribution in [0, 0.1) is 5.82 Å². The first kappa shape index (κ1) is 12.6. The second kappa shape index (κ2) is 5.60. The number of likely N-dealkylation sites (N-methyl/N-ethyl adjacent to an activating group) is 2. The van der Waals surface area contributed by atoms with Crippen LogP contribution in [0.25, 0.3) is 0 Å². The SMILES string of the molecule is CNc1ncc(F)c(N(C)CCN(C)C)n1. The summed E-state index contributed by atoms with van der Waals surface area (Å²) < 4.78 is 13.5. The summed E-state index contributed by atoms with van der Waals surface area (Å²) in [6.07, 6.45) is 1.18. The van der Waals surface area contributed by atoms with Crippen molar-refractivity contribution in [1.29, 1.82) is 0 Å². The molecular weight excluding hydrogens is 209 g/mol. The molecule has 0 aliphatic heterocycles. The third kappa shape index (κ3) is 3.30. The molecule has 0 saturated heterocycles. The van der Waals surface area contributed by atoms with Gasteiger partial charge in [-0.05, 0) is 14.1 Å². The molecule has 0 aliphatic rings. The number of anilines is 2. The van der Waals surface area contributed by atoms with Crippen LogP contribution in [0.2, 0.25) is 0 Å². The van der Waals surface area contributed by atoms with E-state index < -0.39 is 5.82 Å². The molecule has 0 atom stereocenters. The van der Waals surface area contributed by atoms with Crippen molar-refractivity contribution in [2.24, 2.45) is 0 Å². The maximum absolute atomic E-state index is 13.5. The third-order valence-electron chi connectivity index (χ3n) is 2.19. The summed E-state index contributed by atoms with van der Waals surface area (Å²) in [6.45, 7) is 1.55. The normalized spacial score (nSPS) is 10.6. The van der Waals surface area contributed by atoms with Crippen molar-refractivity contribution in [3.63, 3.8) is 0 Å². The van der Waals surface area contributed by atoms with Gasteiger partial charge in [0, 0.05) is 27.2 Å². The molecule has 1 rings (SSSR count). The van der Waals surface area contributed by atoms with E-state index >= 15 is 0 Å². The van der Waals surface area contributed by atoms with Gasteiger partial charge in [-0.1, -0.05) is 0 Å². The van der Waals surface area contributed by atoms with E-state index in [9.17, 15) is 4.39 Å². The number of rotatable bonds is 5. The lowest BCUT2D eigenvalue weighted by molar-refractivity contribution is 0.415. The van der Waals surface area contributed by atoms with Crippen LogP contribution in [0.4, 0.5) is 16.2 Å². The van der Waals surface area contributed by atoms with Gasteiger partial charge in [0.25, 0.3) is 0 Å². The Kier molecular flexibility index (Phi) is 4.42. The first-order valence-corrected chi connectivity index (χ1v) is 5.10. The van der Waals surface area contributed by atoms with Crippen LogP contribution < -0.4 is 10.2 Å². The van der Waals surface area contributed by atoms with Crippen LogP contribution in [-0.4, -0.2) is 56.1 Å². The zero-order valence-corrected chi connectivity index (χ0v) is 10.2. The van der Waals surface area contributed by atoms with Crippen molar-refractivity contribution in [2.45, 2.75) is 0 Å². The predicted octanol–water partition coefficient (Wildman–Crippen LogP) is 0.655. The zero-order chi connectivity index (χ0) is 12.1. The van der Waals surface area contributed by atoms with Crippen molar-refractivity contribution in [1.82, 2.24) is 14.9 Å². The third-order valence-corrected chi connectivity index (χ3v) is 2.19. The van der Waals surface area contributed by atoms with Gasteiger partial charge in [-0.15, -0.1) is 0 Å². The van der Waals surface area contributed by atoms with Gasteiger partial charge in [0.1, 0.15) is 0 Å².